The first-order chi connectivity index (χ1) is 7.74. The van der Waals surface area contributed by atoms with E-state index in [1.807, 2.05) is 13.0 Å². The molecule has 0 radical (unpaired) electrons. The molecule has 2 rings (SSSR count). The van der Waals surface area contributed by atoms with E-state index in [1.54, 1.807) is 6.20 Å². The molecule has 16 heavy (non-hydrogen) atoms. The summed E-state index contributed by atoms with van der Waals surface area (Å²) in [4.78, 5) is 8.36. The monoisotopic (exact) mass is 221 g/mol. The van der Waals surface area contributed by atoms with Gasteiger partial charge in [-0.3, -0.25) is 0 Å². The number of aliphatic hydroxyl groups is 1. The van der Waals surface area contributed by atoms with Crippen LogP contribution in [-0.2, 0) is 0 Å². The third-order valence-electron chi connectivity index (χ3n) is 3.16. The third kappa shape index (κ3) is 3.17. The molecule has 1 fully saturated rings. The Labute approximate surface area is 96.1 Å². The van der Waals surface area contributed by atoms with Crippen molar-refractivity contribution in [1.82, 2.24) is 9.97 Å². The van der Waals surface area contributed by atoms with E-state index in [9.17, 15) is 5.11 Å². The highest BCUT2D eigenvalue weighted by molar-refractivity contribution is 5.32. The van der Waals surface area contributed by atoms with Gasteiger partial charge in [-0.05, 0) is 44.6 Å². The molecule has 0 bridgehead atoms. The molecule has 1 aromatic heterocycles. The molecule has 4 nitrogen and oxygen atoms in total. The van der Waals surface area contributed by atoms with Crippen LogP contribution in [-0.4, -0.2) is 27.7 Å². The molecule has 0 amide bonds. The van der Waals surface area contributed by atoms with E-state index in [2.05, 4.69) is 15.3 Å². The van der Waals surface area contributed by atoms with E-state index in [0.717, 1.165) is 43.9 Å². The third-order valence-corrected chi connectivity index (χ3v) is 3.16. The summed E-state index contributed by atoms with van der Waals surface area (Å²) in [5.41, 5.74) is 0. The maximum absolute atomic E-state index is 9.41. The van der Waals surface area contributed by atoms with Gasteiger partial charge in [0.2, 0.25) is 0 Å². The lowest BCUT2D eigenvalue weighted by atomic mass is 9.87. The normalized spacial score (nSPS) is 25.4. The number of nitrogens with one attached hydrogen (secondary N) is 1. The Morgan fingerprint density at radius 3 is 2.81 bits per heavy atom. The number of aromatic nitrogens is 2. The van der Waals surface area contributed by atoms with Crippen LogP contribution in [0.4, 0.5) is 5.82 Å². The molecule has 4 heteroatoms. The van der Waals surface area contributed by atoms with Gasteiger partial charge in [-0.2, -0.15) is 0 Å². The summed E-state index contributed by atoms with van der Waals surface area (Å²) in [7, 11) is 0. The van der Waals surface area contributed by atoms with Crippen molar-refractivity contribution in [2.24, 2.45) is 5.92 Å². The molecular weight excluding hydrogens is 202 g/mol. The van der Waals surface area contributed by atoms with E-state index >= 15 is 0 Å². The Morgan fingerprint density at radius 1 is 1.38 bits per heavy atom. The van der Waals surface area contributed by atoms with Gasteiger partial charge < -0.3 is 10.4 Å². The molecule has 0 atom stereocenters. The lowest BCUT2D eigenvalue weighted by Gasteiger charge is -2.25. The molecule has 1 saturated carbocycles. The second-order valence-electron chi connectivity index (χ2n) is 4.54. The van der Waals surface area contributed by atoms with Crippen LogP contribution in [0.5, 0.6) is 0 Å². The molecule has 0 unspecified atom stereocenters. The summed E-state index contributed by atoms with van der Waals surface area (Å²) < 4.78 is 0. The lowest BCUT2D eigenvalue weighted by molar-refractivity contribution is 0.111. The topological polar surface area (TPSA) is 58.0 Å². The molecule has 2 N–H and O–H groups in total. The highest BCUT2D eigenvalue weighted by atomic mass is 16.3. The molecule has 0 aromatic carbocycles. The van der Waals surface area contributed by atoms with E-state index in [4.69, 9.17) is 0 Å². The number of aryl methyl sites for hydroxylation is 1. The van der Waals surface area contributed by atoms with Crippen LogP contribution in [0.3, 0.4) is 0 Å². The average Bonchev–Trinajstić information content (AvgIpc) is 2.28. The summed E-state index contributed by atoms with van der Waals surface area (Å²) in [5.74, 6) is 2.36. The molecule has 0 aliphatic heterocycles. The van der Waals surface area contributed by atoms with Gasteiger partial charge in [-0.1, -0.05) is 0 Å². The minimum Gasteiger partial charge on any atom is -0.393 e. The maximum atomic E-state index is 9.41. The minimum absolute atomic E-state index is 0.0717. The fraction of sp³-hybridized carbons (Fsp3) is 0.667. The van der Waals surface area contributed by atoms with Gasteiger partial charge in [0.05, 0.1) is 6.10 Å². The van der Waals surface area contributed by atoms with Gasteiger partial charge in [0.25, 0.3) is 0 Å². The van der Waals surface area contributed by atoms with Crippen LogP contribution in [0.25, 0.3) is 0 Å². The Bertz CT molecular complexity index is 335. The summed E-state index contributed by atoms with van der Waals surface area (Å²) in [6.45, 7) is 2.84. The zero-order valence-corrected chi connectivity index (χ0v) is 9.69. The Hall–Kier alpha value is -1.16. The van der Waals surface area contributed by atoms with Gasteiger partial charge in [-0.25, -0.2) is 9.97 Å². The number of nitrogens with zero attached hydrogens (tertiary/aromatic N) is 2. The summed E-state index contributed by atoms with van der Waals surface area (Å²) in [6, 6.07) is 1.89. The van der Waals surface area contributed by atoms with Crippen LogP contribution < -0.4 is 5.32 Å². The largest absolute Gasteiger partial charge is 0.393 e. The predicted octanol–water partition coefficient (Wildman–Crippen LogP) is 1.75. The number of aliphatic hydroxyl groups excluding tert-OH is 1. The fourth-order valence-corrected chi connectivity index (χ4v) is 2.15. The van der Waals surface area contributed by atoms with E-state index in [-0.39, 0.29) is 6.10 Å². The van der Waals surface area contributed by atoms with Crippen molar-refractivity contribution < 1.29 is 5.11 Å². The van der Waals surface area contributed by atoms with E-state index < -0.39 is 0 Å². The SMILES string of the molecule is Cc1nccc(NCC2CCC(O)CC2)n1. The number of rotatable bonds is 3. The first kappa shape index (κ1) is 11.3. The van der Waals surface area contributed by atoms with Gasteiger partial charge in [0.1, 0.15) is 11.6 Å². The molecule has 1 aromatic rings. The molecule has 0 saturated heterocycles. The highest BCUT2D eigenvalue weighted by Crippen LogP contribution is 2.24. The minimum atomic E-state index is -0.0717. The quantitative estimate of drug-likeness (QED) is 0.816. The van der Waals surface area contributed by atoms with Crippen molar-refractivity contribution in [1.29, 1.82) is 0 Å². The first-order valence-corrected chi connectivity index (χ1v) is 5.95. The molecular formula is C12H19N3O. The lowest BCUT2D eigenvalue weighted by Crippen LogP contribution is -2.23. The first-order valence-electron chi connectivity index (χ1n) is 5.95. The smallest absolute Gasteiger partial charge is 0.129 e. The van der Waals surface area contributed by atoms with Crippen LogP contribution >= 0.6 is 0 Å². The maximum Gasteiger partial charge on any atom is 0.129 e. The second kappa shape index (κ2) is 5.25. The van der Waals surface area contributed by atoms with Crippen molar-refractivity contribution in [3.05, 3.63) is 18.1 Å². The zero-order valence-electron chi connectivity index (χ0n) is 9.69. The van der Waals surface area contributed by atoms with Crippen molar-refractivity contribution in [3.8, 4) is 0 Å². The summed E-state index contributed by atoms with van der Waals surface area (Å²) >= 11 is 0. The van der Waals surface area contributed by atoms with E-state index in [1.165, 1.54) is 0 Å². The fourth-order valence-electron chi connectivity index (χ4n) is 2.15. The van der Waals surface area contributed by atoms with Crippen molar-refractivity contribution in [2.45, 2.75) is 38.7 Å². The Balaban J connectivity index is 1.79. The van der Waals surface area contributed by atoms with Gasteiger partial charge in [0.15, 0.2) is 0 Å². The summed E-state index contributed by atoms with van der Waals surface area (Å²) in [6.07, 6.45) is 5.80. The van der Waals surface area contributed by atoms with Crippen LogP contribution in [0, 0.1) is 12.8 Å². The van der Waals surface area contributed by atoms with Crippen LogP contribution in [0.2, 0.25) is 0 Å². The Kier molecular flexibility index (Phi) is 3.72. The van der Waals surface area contributed by atoms with Crippen molar-refractivity contribution in [3.63, 3.8) is 0 Å². The van der Waals surface area contributed by atoms with Gasteiger partial charge in [0, 0.05) is 12.7 Å². The number of hydrogen-bond donors (Lipinski definition) is 2. The van der Waals surface area contributed by atoms with Crippen LogP contribution in [0.15, 0.2) is 12.3 Å². The molecule has 1 heterocycles. The highest BCUT2D eigenvalue weighted by Gasteiger charge is 2.18. The number of anilines is 1. The molecule has 0 spiro atoms. The molecule has 1 aliphatic rings. The zero-order chi connectivity index (χ0) is 11.4. The number of hydrogen-bond acceptors (Lipinski definition) is 4. The second-order valence-corrected chi connectivity index (χ2v) is 4.54. The van der Waals surface area contributed by atoms with Gasteiger partial charge >= 0.3 is 0 Å². The van der Waals surface area contributed by atoms with Crippen molar-refractivity contribution >= 4 is 5.82 Å². The molecule has 1 aliphatic carbocycles. The predicted molar refractivity (Wildman–Crippen MR) is 63.2 cm³/mol. The van der Waals surface area contributed by atoms with Gasteiger partial charge in [-0.15, -0.1) is 0 Å². The van der Waals surface area contributed by atoms with Crippen LogP contribution in [0.1, 0.15) is 31.5 Å². The Morgan fingerprint density at radius 2 is 2.12 bits per heavy atom. The average molecular weight is 221 g/mol. The standard InChI is InChI=1S/C12H19N3O/c1-9-13-7-6-12(15-9)14-8-10-2-4-11(16)5-3-10/h6-7,10-11,16H,2-5,8H2,1H3,(H,13,14,15). The van der Waals surface area contributed by atoms with E-state index in [0.29, 0.717) is 5.92 Å². The molecule has 88 valence electrons. The summed E-state index contributed by atoms with van der Waals surface area (Å²) in [5, 5.41) is 12.7. The van der Waals surface area contributed by atoms with Crippen molar-refractivity contribution in [2.75, 3.05) is 11.9 Å².